The first-order chi connectivity index (χ1) is 28.1. The number of amides is 1. The maximum atomic E-state index is 15.4. The molecular weight excluding hydrogens is 782 g/mol. The molecule has 9 unspecified atom stereocenters. The highest BCUT2D eigenvalue weighted by Gasteiger charge is 2.78. The number of fused-ring (bicyclic) bond motifs is 5. The third kappa shape index (κ3) is 7.73. The maximum Gasteiger partial charge on any atom is 0.407 e. The van der Waals surface area contributed by atoms with Crippen LogP contribution in [0.2, 0.25) is 0 Å². The zero-order valence-electron chi connectivity index (χ0n) is 35.6. The highest BCUT2D eigenvalue weighted by Crippen LogP contribution is 2.65. The largest absolute Gasteiger partial charge is 0.460 e. The van der Waals surface area contributed by atoms with Crippen LogP contribution >= 0.6 is 0 Å². The number of ketones is 1. The van der Waals surface area contributed by atoms with Gasteiger partial charge in [0.05, 0.1) is 35.6 Å². The normalized spacial score (nSPS) is 34.6. The first kappa shape index (κ1) is 45.2. The number of esters is 4. The molecule has 3 saturated carbocycles. The summed E-state index contributed by atoms with van der Waals surface area (Å²) in [6.45, 7) is 11.4. The Morgan fingerprint density at radius 3 is 2.15 bits per heavy atom. The minimum absolute atomic E-state index is 0.0134. The van der Waals surface area contributed by atoms with E-state index in [1.165, 1.54) is 19.1 Å². The van der Waals surface area contributed by atoms with Gasteiger partial charge in [0.25, 0.3) is 0 Å². The Bertz CT molecular complexity index is 1890. The third-order valence-corrected chi connectivity index (χ3v) is 13.9. The number of hydrogen-bond donors (Lipinski definition) is 4. The first-order valence-electron chi connectivity index (χ1n) is 20.9. The molecule has 6 rings (SSSR count). The summed E-state index contributed by atoms with van der Waals surface area (Å²) < 4.78 is 35.7. The monoisotopic (exact) mass is 841 g/mol. The Morgan fingerprint density at radius 2 is 1.58 bits per heavy atom. The summed E-state index contributed by atoms with van der Waals surface area (Å²) in [5, 5.41) is 39.7. The number of aliphatic hydroxyl groups excluding tert-OH is 2. The number of carbonyl (C=O) groups is 6. The molecule has 4 aliphatic carbocycles. The number of nitrogens with one attached hydrogen (secondary N) is 1. The number of rotatable bonds is 10. The van der Waals surface area contributed by atoms with Gasteiger partial charge in [-0.15, -0.1) is 0 Å². The molecule has 1 amide bonds. The molecule has 0 aromatic heterocycles. The predicted octanol–water partition coefficient (Wildman–Crippen LogP) is 3.85. The highest BCUT2D eigenvalue weighted by atomic mass is 16.6. The number of allylic oxidation sites excluding steroid dienone is 1. The SMILES string of the molecule is CC(=O)OC1=C2C(C)C(OC(=O)C(O)C(NC(=O)OC3CCCCC3)C(C)C)CC(O)(C(OC(=O)c3ccccc3)C3[C@]4(OC(C)=O)COC4CC(O)[C@@]3(C)C1=O)C2(C)C. The molecule has 1 aromatic rings. The van der Waals surface area contributed by atoms with Gasteiger partial charge in [0.1, 0.15) is 30.0 Å². The van der Waals surface area contributed by atoms with Crippen molar-refractivity contribution in [3.05, 3.63) is 47.2 Å². The molecule has 1 heterocycles. The lowest BCUT2D eigenvalue weighted by atomic mass is 9.45. The van der Waals surface area contributed by atoms with Gasteiger partial charge in [0.2, 0.25) is 5.78 Å². The summed E-state index contributed by atoms with van der Waals surface area (Å²) in [5.41, 5.74) is -7.73. The van der Waals surface area contributed by atoms with Crippen LogP contribution in [0.3, 0.4) is 0 Å². The molecule has 16 nitrogen and oxygen atoms in total. The molecule has 11 atom stereocenters. The van der Waals surface area contributed by atoms with Crippen LogP contribution in [0.25, 0.3) is 0 Å². The van der Waals surface area contributed by atoms with Crippen molar-refractivity contribution in [3.63, 3.8) is 0 Å². The number of benzene rings is 1. The van der Waals surface area contributed by atoms with Gasteiger partial charge < -0.3 is 49.1 Å². The minimum atomic E-state index is -2.36. The van der Waals surface area contributed by atoms with E-state index in [2.05, 4.69) is 5.32 Å². The summed E-state index contributed by atoms with van der Waals surface area (Å²) in [6, 6.07) is 6.70. The molecule has 2 bridgehead atoms. The summed E-state index contributed by atoms with van der Waals surface area (Å²) in [4.78, 5) is 82.5. The summed E-state index contributed by atoms with van der Waals surface area (Å²) >= 11 is 0. The number of carbonyl (C=O) groups excluding carboxylic acids is 6. The summed E-state index contributed by atoms with van der Waals surface area (Å²) in [6.07, 6.45) is -5.23. The van der Waals surface area contributed by atoms with Crippen LogP contribution < -0.4 is 5.32 Å². The van der Waals surface area contributed by atoms with Gasteiger partial charge >= 0.3 is 30.0 Å². The Kier molecular flexibility index (Phi) is 12.7. The van der Waals surface area contributed by atoms with Crippen LogP contribution in [-0.2, 0) is 47.6 Å². The van der Waals surface area contributed by atoms with Crippen LogP contribution in [0, 0.1) is 28.6 Å². The zero-order valence-corrected chi connectivity index (χ0v) is 35.6. The number of ether oxygens (including phenoxy) is 6. The average molecular weight is 842 g/mol. The molecule has 4 fully saturated rings. The van der Waals surface area contributed by atoms with Gasteiger partial charge in [-0.2, -0.15) is 0 Å². The molecule has 0 radical (unpaired) electrons. The third-order valence-electron chi connectivity index (χ3n) is 13.9. The second-order valence-corrected chi connectivity index (χ2v) is 18.3. The van der Waals surface area contributed by atoms with Gasteiger partial charge in [-0.05, 0) is 56.2 Å². The standard InChI is InChI=1S/C44H59NO15/c1-22(2)32(45-40(53)57-27-17-13-10-14-18-27)33(49)39(52)58-28-20-44(54)37(59-38(51)26-15-11-9-12-16-26)35-42(8,29(48)19-30-43(35,21-55-30)60-25(5)47)36(50)34(56-24(4)46)31(23(28)3)41(44,6)7/h9,11-12,15-16,22-23,27-30,32-33,35,37,48-49,54H,10,13-14,17-21H2,1-8H3,(H,45,53)/t23?,28?,29?,30?,32?,33?,35?,37?,42-,43+,44?/m1/s1. The lowest BCUT2D eigenvalue weighted by molar-refractivity contribution is -0.345. The summed E-state index contributed by atoms with van der Waals surface area (Å²) in [5.74, 6) is -8.26. The van der Waals surface area contributed by atoms with Gasteiger partial charge in [-0.3, -0.25) is 14.4 Å². The van der Waals surface area contributed by atoms with Gasteiger partial charge in [-0.25, -0.2) is 14.4 Å². The van der Waals surface area contributed by atoms with E-state index in [4.69, 9.17) is 28.4 Å². The number of aliphatic hydroxyl groups is 3. The van der Waals surface area contributed by atoms with Crippen molar-refractivity contribution in [2.75, 3.05) is 6.61 Å². The van der Waals surface area contributed by atoms with E-state index in [-0.39, 0.29) is 30.3 Å². The van der Waals surface area contributed by atoms with E-state index in [0.717, 1.165) is 33.1 Å². The molecule has 60 heavy (non-hydrogen) atoms. The summed E-state index contributed by atoms with van der Waals surface area (Å²) in [7, 11) is 0. The molecular formula is C44H59NO15. The van der Waals surface area contributed by atoms with E-state index >= 15 is 4.79 Å². The Hall–Kier alpha value is -4.38. The van der Waals surface area contributed by atoms with Crippen molar-refractivity contribution in [1.82, 2.24) is 5.32 Å². The Morgan fingerprint density at radius 1 is 0.933 bits per heavy atom. The molecule has 1 saturated heterocycles. The van der Waals surface area contributed by atoms with Crippen molar-refractivity contribution in [2.24, 2.45) is 28.6 Å². The van der Waals surface area contributed by atoms with E-state index in [9.17, 15) is 39.3 Å². The van der Waals surface area contributed by atoms with Gasteiger partial charge in [0, 0.05) is 38.0 Å². The topological polar surface area (TPSA) is 231 Å². The van der Waals surface area contributed by atoms with E-state index in [1.807, 2.05) is 0 Å². The van der Waals surface area contributed by atoms with E-state index in [0.29, 0.717) is 12.8 Å². The Balaban J connectivity index is 1.48. The maximum absolute atomic E-state index is 15.4. The lowest BCUT2D eigenvalue weighted by Gasteiger charge is -2.67. The van der Waals surface area contributed by atoms with Crippen molar-refractivity contribution in [2.45, 2.75) is 154 Å². The lowest BCUT2D eigenvalue weighted by Crippen LogP contribution is -2.81. The van der Waals surface area contributed by atoms with E-state index < -0.39 is 124 Å². The molecule has 330 valence electrons. The highest BCUT2D eigenvalue weighted by molar-refractivity contribution is 6.02. The molecule has 0 spiro atoms. The number of Topliss-reactive ketones (excluding diaryl/α,β-unsaturated/α-hetero) is 1. The molecule has 16 heteroatoms. The quantitative estimate of drug-likeness (QED) is 0.194. The molecule has 1 aliphatic heterocycles. The van der Waals surface area contributed by atoms with Gasteiger partial charge in [0.15, 0.2) is 17.5 Å². The average Bonchev–Trinajstić information content (AvgIpc) is 3.18. The van der Waals surface area contributed by atoms with Crippen molar-refractivity contribution in [1.29, 1.82) is 0 Å². The predicted molar refractivity (Wildman–Crippen MR) is 209 cm³/mol. The molecule has 1 aromatic carbocycles. The fourth-order valence-corrected chi connectivity index (χ4v) is 10.5. The number of hydrogen-bond acceptors (Lipinski definition) is 15. The zero-order chi connectivity index (χ0) is 44.1. The molecule has 4 N–H and O–H groups in total. The van der Waals surface area contributed by atoms with Crippen molar-refractivity contribution in [3.8, 4) is 0 Å². The van der Waals surface area contributed by atoms with Crippen molar-refractivity contribution < 1.29 is 72.5 Å². The van der Waals surface area contributed by atoms with Gasteiger partial charge in [-0.1, -0.05) is 59.2 Å². The second-order valence-electron chi connectivity index (χ2n) is 18.3. The smallest absolute Gasteiger partial charge is 0.407 e. The van der Waals surface area contributed by atoms with Crippen LogP contribution in [0.4, 0.5) is 4.79 Å². The molecule has 5 aliphatic rings. The minimum Gasteiger partial charge on any atom is -0.460 e. The van der Waals surface area contributed by atoms with Crippen LogP contribution in [0.15, 0.2) is 41.7 Å². The van der Waals surface area contributed by atoms with E-state index in [1.54, 1.807) is 52.8 Å². The fraction of sp³-hybridized carbons (Fsp3) is 0.682. The first-order valence-corrected chi connectivity index (χ1v) is 20.9. The van der Waals surface area contributed by atoms with Crippen LogP contribution in [0.5, 0.6) is 0 Å². The Labute approximate surface area is 349 Å². The van der Waals surface area contributed by atoms with Crippen LogP contribution in [0.1, 0.15) is 111 Å². The fourth-order valence-electron chi connectivity index (χ4n) is 10.5. The van der Waals surface area contributed by atoms with Crippen molar-refractivity contribution >= 4 is 35.8 Å². The van der Waals surface area contributed by atoms with Crippen LogP contribution in [-0.4, -0.2) is 112 Å². The second kappa shape index (κ2) is 16.8. The number of alkyl carbamates (subject to hydrolysis) is 1.